The Hall–Kier alpha value is -3.57. The molecule has 1 spiro atoms. The molecule has 1 aromatic carbocycles. The van der Waals surface area contributed by atoms with Crippen molar-refractivity contribution in [3.05, 3.63) is 49.6 Å². The van der Waals surface area contributed by atoms with Crippen LogP contribution in [-0.4, -0.2) is 90.7 Å². The molecule has 11 nitrogen and oxygen atoms in total. The minimum Gasteiger partial charge on any atom is -0.465 e. The Kier molecular flexibility index (Phi) is 8.50. The van der Waals surface area contributed by atoms with E-state index in [9.17, 15) is 19.5 Å². The van der Waals surface area contributed by atoms with Crippen molar-refractivity contribution >= 4 is 28.8 Å². The molecule has 0 aliphatic carbocycles. The second-order valence-corrected chi connectivity index (χ2v) is 12.7. The van der Waals surface area contributed by atoms with E-state index in [1.807, 2.05) is 52.0 Å². The topological polar surface area (TPSA) is 127 Å². The number of likely N-dealkylation sites (tertiary alicyclic amines) is 1. The van der Waals surface area contributed by atoms with Gasteiger partial charge in [-0.25, -0.2) is 4.68 Å². The van der Waals surface area contributed by atoms with Crippen molar-refractivity contribution in [2.45, 2.75) is 76.9 Å². The quantitative estimate of drug-likeness (QED) is 0.213. The molecule has 2 aromatic rings. The highest BCUT2D eigenvalue weighted by Crippen LogP contribution is 2.65. The number of rotatable bonds is 13. The van der Waals surface area contributed by atoms with Crippen molar-refractivity contribution in [1.29, 1.82) is 0 Å². The van der Waals surface area contributed by atoms with E-state index in [1.54, 1.807) is 21.7 Å². The minimum absolute atomic E-state index is 0.0679. The lowest BCUT2D eigenvalue weighted by Crippen LogP contribution is -2.59. The van der Waals surface area contributed by atoms with Gasteiger partial charge in [-0.2, -0.15) is 0 Å². The third-order valence-corrected chi connectivity index (χ3v) is 9.54. The fourth-order valence-electron chi connectivity index (χ4n) is 7.59. The Morgan fingerprint density at radius 1 is 1.28 bits per heavy atom. The number of aliphatic hydroxyl groups excluding tert-OH is 1. The van der Waals surface area contributed by atoms with Crippen molar-refractivity contribution in [3.63, 3.8) is 0 Å². The molecule has 7 atom stereocenters. The normalized spacial score (nSPS) is 30.1. The summed E-state index contributed by atoms with van der Waals surface area (Å²) >= 11 is 0. The monoisotopic (exact) mass is 593 g/mol. The van der Waals surface area contributed by atoms with Crippen molar-refractivity contribution in [3.8, 4) is 0 Å². The number of hydrogen-bond donors (Lipinski definition) is 1. The summed E-state index contributed by atoms with van der Waals surface area (Å²) < 4.78 is 14.1. The third-order valence-electron chi connectivity index (χ3n) is 9.54. The number of amides is 2. The van der Waals surface area contributed by atoms with Crippen LogP contribution in [-0.2, 0) is 30.5 Å². The van der Waals surface area contributed by atoms with Crippen molar-refractivity contribution in [2.75, 3.05) is 19.8 Å². The van der Waals surface area contributed by atoms with Crippen molar-refractivity contribution in [1.82, 2.24) is 24.8 Å². The first-order valence-electron chi connectivity index (χ1n) is 15.1. The zero-order chi connectivity index (χ0) is 31.1. The molecule has 2 bridgehead atoms. The molecule has 1 aromatic heterocycles. The van der Waals surface area contributed by atoms with Crippen LogP contribution in [0.25, 0.3) is 11.0 Å². The average molecular weight is 594 g/mol. The van der Waals surface area contributed by atoms with Crippen molar-refractivity contribution in [2.24, 2.45) is 23.7 Å². The molecule has 4 heterocycles. The lowest BCUT2D eigenvalue weighted by molar-refractivity contribution is -0.164. The Morgan fingerprint density at radius 2 is 2.02 bits per heavy atom. The highest BCUT2D eigenvalue weighted by Gasteiger charge is 2.80. The first kappa shape index (κ1) is 30.9. The number of esters is 1. The number of benzene rings is 1. The molecule has 0 saturated carbocycles. The standard InChI is InChI=1S/C32H43N5O6/c1-7-9-15-42-30(41)26-25-28(39)37(22(18-38)16-20(3)4)27(32(25)17-21(5)31(26,6)43-32)29(40)35(14-8-2)19-36-24-13-11-10-12-23(24)33-34-36/h7-8,10-13,20-22,25-27,38H,1-2,9,14-19H2,3-6H3/t21?,22-,25+,26-,27?,31+,32?/m1/s1. The van der Waals surface area contributed by atoms with Crippen LogP contribution < -0.4 is 0 Å². The largest absolute Gasteiger partial charge is 0.465 e. The molecule has 3 aliphatic rings. The van der Waals surface area contributed by atoms with Gasteiger partial charge in [-0.1, -0.05) is 50.3 Å². The molecule has 5 rings (SSSR count). The summed E-state index contributed by atoms with van der Waals surface area (Å²) in [5.74, 6) is -3.02. The molecule has 43 heavy (non-hydrogen) atoms. The van der Waals surface area contributed by atoms with Crippen molar-refractivity contribution < 1.29 is 29.0 Å². The number of ether oxygens (including phenoxy) is 2. The van der Waals surface area contributed by atoms with Crippen LogP contribution in [0.3, 0.4) is 0 Å². The number of aliphatic hydroxyl groups is 1. The van der Waals surface area contributed by atoms with Gasteiger partial charge < -0.3 is 24.4 Å². The first-order chi connectivity index (χ1) is 20.5. The zero-order valence-electron chi connectivity index (χ0n) is 25.5. The first-order valence-corrected chi connectivity index (χ1v) is 15.1. The van der Waals surface area contributed by atoms with Crippen LogP contribution in [0.2, 0.25) is 0 Å². The summed E-state index contributed by atoms with van der Waals surface area (Å²) in [5, 5.41) is 19.1. The van der Waals surface area contributed by atoms with Gasteiger partial charge in [-0.15, -0.1) is 18.3 Å². The maximum absolute atomic E-state index is 14.8. The van der Waals surface area contributed by atoms with Gasteiger partial charge in [0.1, 0.15) is 29.7 Å². The van der Waals surface area contributed by atoms with E-state index < -0.39 is 41.1 Å². The molecule has 232 valence electrons. The zero-order valence-corrected chi connectivity index (χ0v) is 25.5. The van der Waals surface area contributed by atoms with Gasteiger partial charge in [-0.05, 0) is 50.2 Å². The summed E-state index contributed by atoms with van der Waals surface area (Å²) in [5.41, 5.74) is -0.804. The van der Waals surface area contributed by atoms with Gasteiger partial charge in [-0.3, -0.25) is 14.4 Å². The second kappa shape index (κ2) is 11.8. The van der Waals surface area contributed by atoms with E-state index in [2.05, 4.69) is 23.5 Å². The predicted molar refractivity (Wildman–Crippen MR) is 159 cm³/mol. The summed E-state index contributed by atoms with van der Waals surface area (Å²) in [4.78, 5) is 46.1. The number of carbonyl (C=O) groups is 3. The summed E-state index contributed by atoms with van der Waals surface area (Å²) in [6, 6.07) is 5.77. The molecule has 3 unspecified atom stereocenters. The van der Waals surface area contributed by atoms with E-state index in [0.29, 0.717) is 24.8 Å². The smallest absolute Gasteiger partial charge is 0.312 e. The van der Waals surface area contributed by atoms with Crippen LogP contribution in [0.1, 0.15) is 47.0 Å². The molecular weight excluding hydrogens is 550 g/mol. The summed E-state index contributed by atoms with van der Waals surface area (Å²) in [6.07, 6.45) is 4.67. The number of aromatic nitrogens is 3. The average Bonchev–Trinajstić information content (AvgIpc) is 3.64. The van der Waals surface area contributed by atoms with Crippen LogP contribution in [0.5, 0.6) is 0 Å². The van der Waals surface area contributed by atoms with Crippen LogP contribution >= 0.6 is 0 Å². The number of carbonyl (C=O) groups excluding carboxylic acids is 3. The fraction of sp³-hybridized carbons (Fsp3) is 0.594. The lowest BCUT2D eigenvalue weighted by Gasteiger charge is -2.39. The number of fused-ring (bicyclic) bond motifs is 2. The maximum atomic E-state index is 14.8. The van der Waals surface area contributed by atoms with Gasteiger partial charge in [0.15, 0.2) is 0 Å². The minimum atomic E-state index is -1.27. The number of para-hydroxylation sites is 1. The molecule has 3 fully saturated rings. The predicted octanol–water partition coefficient (Wildman–Crippen LogP) is 2.94. The molecular formula is C32H43N5O6. The molecule has 2 amide bonds. The van der Waals surface area contributed by atoms with E-state index >= 15 is 0 Å². The van der Waals surface area contributed by atoms with Gasteiger partial charge in [0.2, 0.25) is 11.8 Å². The Morgan fingerprint density at radius 3 is 2.70 bits per heavy atom. The van der Waals surface area contributed by atoms with Crippen LogP contribution in [0.15, 0.2) is 49.6 Å². The fourth-order valence-corrected chi connectivity index (χ4v) is 7.59. The van der Waals surface area contributed by atoms with E-state index in [0.717, 1.165) is 5.52 Å². The molecule has 3 aliphatic heterocycles. The summed E-state index contributed by atoms with van der Waals surface area (Å²) in [6.45, 7) is 15.5. The molecule has 1 N–H and O–H groups in total. The van der Waals surface area contributed by atoms with Gasteiger partial charge in [0.05, 0.1) is 36.3 Å². The Balaban J connectivity index is 1.59. The summed E-state index contributed by atoms with van der Waals surface area (Å²) in [7, 11) is 0. The molecule has 0 radical (unpaired) electrons. The lowest BCUT2D eigenvalue weighted by atomic mass is 9.62. The second-order valence-electron chi connectivity index (χ2n) is 12.7. The Labute approximate surface area is 252 Å². The molecule has 3 saturated heterocycles. The van der Waals surface area contributed by atoms with E-state index in [-0.39, 0.29) is 50.1 Å². The van der Waals surface area contributed by atoms with Gasteiger partial charge in [0, 0.05) is 6.54 Å². The highest BCUT2D eigenvalue weighted by atomic mass is 16.6. The van der Waals surface area contributed by atoms with Gasteiger partial charge >= 0.3 is 5.97 Å². The van der Waals surface area contributed by atoms with E-state index in [1.165, 1.54) is 4.90 Å². The third kappa shape index (κ3) is 4.96. The number of hydrogen-bond acceptors (Lipinski definition) is 8. The van der Waals surface area contributed by atoms with Gasteiger partial charge in [0.25, 0.3) is 0 Å². The SMILES string of the molecule is C=CCCOC(=O)[C@H]1[C@H]2C(=O)N([C@@H](CO)CC(C)C)C(C(=O)N(CC=C)Cn3nnc4ccccc43)C23CC(C)[C@]1(C)O3. The van der Waals surface area contributed by atoms with Crippen LogP contribution in [0, 0.1) is 23.7 Å². The Bertz CT molecular complexity index is 1410. The highest BCUT2D eigenvalue weighted by molar-refractivity contribution is 5.98. The number of nitrogens with zero attached hydrogens (tertiary/aromatic N) is 5. The van der Waals surface area contributed by atoms with Crippen LogP contribution in [0.4, 0.5) is 0 Å². The molecule has 11 heteroatoms. The van der Waals surface area contributed by atoms with E-state index in [4.69, 9.17) is 9.47 Å². The maximum Gasteiger partial charge on any atom is 0.312 e.